The molecular weight excluding hydrogens is 226 g/mol. The zero-order chi connectivity index (χ0) is 12.5. The maximum absolute atomic E-state index is 6.03. The van der Waals surface area contributed by atoms with E-state index in [4.69, 9.17) is 5.73 Å². The van der Waals surface area contributed by atoms with Crippen LogP contribution in [0.5, 0.6) is 0 Å². The van der Waals surface area contributed by atoms with Crippen molar-refractivity contribution in [2.75, 3.05) is 0 Å². The highest BCUT2D eigenvalue weighted by Crippen LogP contribution is 2.31. The minimum absolute atomic E-state index is 0.328. The monoisotopic (exact) mass is 245 g/mol. The van der Waals surface area contributed by atoms with Crippen LogP contribution in [0, 0.1) is 0 Å². The first kappa shape index (κ1) is 11.5. The lowest BCUT2D eigenvalue weighted by atomic mass is 9.86. The zero-order valence-electron chi connectivity index (χ0n) is 10.6. The van der Waals surface area contributed by atoms with Crippen molar-refractivity contribution in [2.45, 2.75) is 37.6 Å². The van der Waals surface area contributed by atoms with Gasteiger partial charge < -0.3 is 10.7 Å². The Balaban J connectivity index is 1.83. The normalized spacial score (nSPS) is 24.3. The molecule has 2 unspecified atom stereocenters. The van der Waals surface area contributed by atoms with Crippen LogP contribution >= 0.6 is 0 Å². The Bertz CT molecular complexity index is 527. The van der Waals surface area contributed by atoms with E-state index in [1.807, 2.05) is 24.0 Å². The fourth-order valence-electron chi connectivity index (χ4n) is 2.79. The van der Waals surface area contributed by atoms with Crippen LogP contribution in [-0.4, -0.2) is 25.8 Å². The molecule has 0 amide bonds. The van der Waals surface area contributed by atoms with E-state index in [1.165, 1.54) is 12.8 Å². The summed E-state index contributed by atoms with van der Waals surface area (Å²) in [5.41, 5.74) is 8.13. The van der Waals surface area contributed by atoms with Crippen molar-refractivity contribution in [1.82, 2.24) is 19.7 Å². The average Bonchev–Trinajstić information content (AvgIpc) is 2.97. The Labute approximate surface area is 106 Å². The Hall–Kier alpha value is -1.62. The molecule has 1 saturated carbocycles. The molecule has 96 valence electrons. The van der Waals surface area contributed by atoms with Crippen LogP contribution in [0.3, 0.4) is 0 Å². The van der Waals surface area contributed by atoms with Crippen molar-refractivity contribution >= 4 is 0 Å². The number of hydrogen-bond acceptors (Lipinski definition) is 3. The van der Waals surface area contributed by atoms with Crippen molar-refractivity contribution < 1.29 is 0 Å². The predicted octanol–water partition coefficient (Wildman–Crippen LogP) is 1.80. The molecule has 1 aliphatic carbocycles. The number of nitrogens with two attached hydrogens (primary N) is 1. The lowest BCUT2D eigenvalue weighted by Gasteiger charge is -2.24. The average molecular weight is 245 g/mol. The maximum Gasteiger partial charge on any atom is 0.109 e. The maximum atomic E-state index is 6.03. The summed E-state index contributed by atoms with van der Waals surface area (Å²) >= 11 is 0. The molecule has 0 saturated heterocycles. The third kappa shape index (κ3) is 2.06. The van der Waals surface area contributed by atoms with Crippen LogP contribution in [0.25, 0.3) is 11.4 Å². The molecule has 2 atom stereocenters. The minimum Gasteiger partial charge on any atom is -0.341 e. The Morgan fingerprint density at radius 1 is 1.44 bits per heavy atom. The molecular formula is C13H19N5. The number of H-pyrrole nitrogens is 1. The van der Waals surface area contributed by atoms with Gasteiger partial charge in [0.2, 0.25) is 0 Å². The molecule has 5 heteroatoms. The second-order valence-electron chi connectivity index (χ2n) is 5.15. The highest BCUT2D eigenvalue weighted by molar-refractivity contribution is 5.53. The first-order chi connectivity index (χ1) is 8.74. The molecule has 5 nitrogen and oxygen atoms in total. The van der Waals surface area contributed by atoms with Gasteiger partial charge in [-0.25, -0.2) is 4.98 Å². The van der Waals surface area contributed by atoms with E-state index >= 15 is 0 Å². The minimum atomic E-state index is 0.328. The molecule has 0 aromatic carbocycles. The first-order valence-electron chi connectivity index (χ1n) is 6.53. The van der Waals surface area contributed by atoms with Crippen molar-refractivity contribution in [2.24, 2.45) is 12.8 Å². The molecule has 3 rings (SSSR count). The van der Waals surface area contributed by atoms with E-state index in [9.17, 15) is 0 Å². The molecule has 2 aromatic heterocycles. The van der Waals surface area contributed by atoms with E-state index in [0.29, 0.717) is 12.0 Å². The quantitative estimate of drug-likeness (QED) is 0.847. The number of aromatic nitrogens is 4. The number of aromatic amines is 1. The lowest BCUT2D eigenvalue weighted by Crippen LogP contribution is -2.27. The third-order valence-electron chi connectivity index (χ3n) is 3.79. The number of aryl methyl sites for hydroxylation is 1. The fraction of sp³-hybridized carbons (Fsp3) is 0.538. The number of imidazole rings is 1. The summed E-state index contributed by atoms with van der Waals surface area (Å²) in [6.45, 7) is 0. The summed E-state index contributed by atoms with van der Waals surface area (Å²) in [5.74, 6) is 1.55. The Kier molecular flexibility index (Phi) is 2.91. The van der Waals surface area contributed by atoms with Gasteiger partial charge in [0, 0.05) is 25.2 Å². The zero-order valence-corrected chi connectivity index (χ0v) is 10.6. The van der Waals surface area contributed by atoms with Crippen LogP contribution in [0.2, 0.25) is 0 Å². The highest BCUT2D eigenvalue weighted by atomic mass is 15.3. The largest absolute Gasteiger partial charge is 0.341 e. The summed E-state index contributed by atoms with van der Waals surface area (Å²) in [4.78, 5) is 7.94. The highest BCUT2D eigenvalue weighted by Gasteiger charge is 2.23. The molecule has 2 aromatic rings. The topological polar surface area (TPSA) is 72.5 Å². The Morgan fingerprint density at radius 2 is 2.33 bits per heavy atom. The van der Waals surface area contributed by atoms with Crippen molar-refractivity contribution in [3.63, 3.8) is 0 Å². The van der Waals surface area contributed by atoms with Gasteiger partial charge in [-0.3, -0.25) is 4.68 Å². The standard InChI is InChI=1S/C13H19N5/c1-18-12(5-6-16-18)11-8-15-13(17-11)9-3-2-4-10(14)7-9/h5-6,8-10H,2-4,7,14H2,1H3,(H,15,17). The molecule has 0 bridgehead atoms. The van der Waals surface area contributed by atoms with Crippen LogP contribution < -0.4 is 5.73 Å². The molecule has 1 fully saturated rings. The SMILES string of the molecule is Cn1nccc1-c1cnc(C2CCCC(N)C2)[nH]1. The summed E-state index contributed by atoms with van der Waals surface area (Å²) < 4.78 is 1.85. The smallest absolute Gasteiger partial charge is 0.109 e. The van der Waals surface area contributed by atoms with Gasteiger partial charge in [-0.05, 0) is 25.3 Å². The van der Waals surface area contributed by atoms with Gasteiger partial charge in [0.15, 0.2) is 0 Å². The van der Waals surface area contributed by atoms with Gasteiger partial charge in [-0.1, -0.05) is 6.42 Å². The number of nitrogens with one attached hydrogen (secondary N) is 1. The summed E-state index contributed by atoms with van der Waals surface area (Å²) in [7, 11) is 1.94. The second kappa shape index (κ2) is 4.57. The fourth-order valence-corrected chi connectivity index (χ4v) is 2.79. The molecule has 3 N–H and O–H groups in total. The van der Waals surface area contributed by atoms with Crippen LogP contribution in [-0.2, 0) is 7.05 Å². The lowest BCUT2D eigenvalue weighted by molar-refractivity contribution is 0.383. The van der Waals surface area contributed by atoms with Gasteiger partial charge in [0.1, 0.15) is 5.82 Å². The van der Waals surface area contributed by atoms with E-state index in [1.54, 1.807) is 6.20 Å². The number of hydrogen-bond donors (Lipinski definition) is 2. The van der Waals surface area contributed by atoms with Gasteiger partial charge in [-0.15, -0.1) is 0 Å². The van der Waals surface area contributed by atoms with E-state index in [-0.39, 0.29) is 0 Å². The number of nitrogens with zero attached hydrogens (tertiary/aromatic N) is 3. The molecule has 0 radical (unpaired) electrons. The Morgan fingerprint density at radius 3 is 3.06 bits per heavy atom. The van der Waals surface area contributed by atoms with Crippen LogP contribution in [0.4, 0.5) is 0 Å². The van der Waals surface area contributed by atoms with Crippen molar-refractivity contribution in [3.05, 3.63) is 24.3 Å². The summed E-state index contributed by atoms with van der Waals surface area (Å²) in [6.07, 6.45) is 8.27. The second-order valence-corrected chi connectivity index (χ2v) is 5.15. The van der Waals surface area contributed by atoms with Gasteiger partial charge in [0.25, 0.3) is 0 Å². The van der Waals surface area contributed by atoms with Crippen molar-refractivity contribution in [3.8, 4) is 11.4 Å². The molecule has 0 spiro atoms. The summed E-state index contributed by atoms with van der Waals surface area (Å²) in [6, 6.07) is 2.32. The van der Waals surface area contributed by atoms with E-state index in [2.05, 4.69) is 15.1 Å². The molecule has 18 heavy (non-hydrogen) atoms. The predicted molar refractivity (Wildman–Crippen MR) is 70.0 cm³/mol. The van der Waals surface area contributed by atoms with E-state index < -0.39 is 0 Å². The molecule has 1 aliphatic rings. The van der Waals surface area contributed by atoms with E-state index in [0.717, 1.165) is 30.1 Å². The summed E-state index contributed by atoms with van der Waals surface area (Å²) in [5, 5.41) is 4.18. The molecule has 2 heterocycles. The van der Waals surface area contributed by atoms with Gasteiger partial charge >= 0.3 is 0 Å². The third-order valence-corrected chi connectivity index (χ3v) is 3.79. The molecule has 0 aliphatic heterocycles. The van der Waals surface area contributed by atoms with Gasteiger partial charge in [-0.2, -0.15) is 5.10 Å². The van der Waals surface area contributed by atoms with Crippen LogP contribution in [0.1, 0.15) is 37.4 Å². The number of rotatable bonds is 2. The first-order valence-corrected chi connectivity index (χ1v) is 6.53. The van der Waals surface area contributed by atoms with Gasteiger partial charge in [0.05, 0.1) is 17.6 Å². The van der Waals surface area contributed by atoms with Crippen LogP contribution in [0.15, 0.2) is 18.5 Å². The van der Waals surface area contributed by atoms with Crippen molar-refractivity contribution in [1.29, 1.82) is 0 Å².